The number of rotatable bonds is 3. The summed E-state index contributed by atoms with van der Waals surface area (Å²) in [5, 5.41) is 3.72. The molecule has 0 aromatic carbocycles. The van der Waals surface area contributed by atoms with Gasteiger partial charge in [-0.3, -0.25) is 0 Å². The fourth-order valence-corrected chi connectivity index (χ4v) is 4.76. The molecule has 1 aliphatic carbocycles. The van der Waals surface area contributed by atoms with E-state index in [2.05, 4.69) is 17.1 Å². The van der Waals surface area contributed by atoms with Crippen molar-refractivity contribution in [1.82, 2.24) is 10.2 Å². The molecule has 0 aromatic heterocycles. The van der Waals surface area contributed by atoms with E-state index in [0.717, 1.165) is 23.9 Å². The van der Waals surface area contributed by atoms with Crippen LogP contribution in [0.3, 0.4) is 0 Å². The molecule has 19 heavy (non-hydrogen) atoms. The number of nitrogens with one attached hydrogen (secondary N) is 1. The van der Waals surface area contributed by atoms with Gasteiger partial charge in [0.1, 0.15) is 0 Å². The molecule has 3 aliphatic rings. The predicted octanol–water partition coefficient (Wildman–Crippen LogP) is 3.42. The van der Waals surface area contributed by atoms with Crippen LogP contribution in [-0.4, -0.2) is 36.6 Å². The Morgan fingerprint density at radius 3 is 2.26 bits per heavy atom. The second-order valence-electron chi connectivity index (χ2n) is 7.21. The van der Waals surface area contributed by atoms with E-state index in [1.54, 1.807) is 0 Å². The standard InChI is InChI=1S/C17H32N2/c1-14(15-6-3-2-4-7-15)19-12-9-16(10-13-19)17-8-5-11-18-17/h14-18H,2-13H2,1H3. The zero-order valence-corrected chi connectivity index (χ0v) is 12.7. The summed E-state index contributed by atoms with van der Waals surface area (Å²) < 4.78 is 0. The van der Waals surface area contributed by atoms with Crippen LogP contribution in [0.5, 0.6) is 0 Å². The highest BCUT2D eigenvalue weighted by atomic mass is 15.2. The predicted molar refractivity (Wildman–Crippen MR) is 81.4 cm³/mol. The van der Waals surface area contributed by atoms with Crippen molar-refractivity contribution < 1.29 is 0 Å². The van der Waals surface area contributed by atoms with Crippen molar-refractivity contribution in [3.63, 3.8) is 0 Å². The summed E-state index contributed by atoms with van der Waals surface area (Å²) in [6, 6.07) is 1.70. The molecular formula is C17H32N2. The molecule has 2 saturated heterocycles. The second kappa shape index (κ2) is 6.58. The highest BCUT2D eigenvalue weighted by Gasteiger charge is 2.32. The van der Waals surface area contributed by atoms with Crippen LogP contribution in [0, 0.1) is 11.8 Å². The van der Waals surface area contributed by atoms with Crippen LogP contribution in [0.15, 0.2) is 0 Å². The van der Waals surface area contributed by atoms with Gasteiger partial charge in [0.05, 0.1) is 0 Å². The molecule has 2 atom stereocenters. The first-order valence-electron chi connectivity index (χ1n) is 8.82. The van der Waals surface area contributed by atoms with E-state index in [1.165, 1.54) is 77.4 Å². The van der Waals surface area contributed by atoms with Crippen LogP contribution < -0.4 is 5.32 Å². The number of hydrogen-bond acceptors (Lipinski definition) is 2. The molecule has 0 amide bonds. The molecule has 2 aliphatic heterocycles. The first-order valence-corrected chi connectivity index (χ1v) is 8.82. The van der Waals surface area contributed by atoms with Crippen molar-refractivity contribution in [3.05, 3.63) is 0 Å². The third kappa shape index (κ3) is 3.33. The molecule has 2 heterocycles. The summed E-state index contributed by atoms with van der Waals surface area (Å²) in [6.45, 7) is 6.49. The molecule has 110 valence electrons. The van der Waals surface area contributed by atoms with Crippen molar-refractivity contribution in [3.8, 4) is 0 Å². The Morgan fingerprint density at radius 1 is 0.895 bits per heavy atom. The van der Waals surface area contributed by atoms with Gasteiger partial charge in [0.25, 0.3) is 0 Å². The molecule has 0 aromatic rings. The van der Waals surface area contributed by atoms with Crippen LogP contribution >= 0.6 is 0 Å². The first kappa shape index (κ1) is 13.9. The first-order chi connectivity index (χ1) is 9.34. The Kier molecular flexibility index (Phi) is 4.81. The Hall–Kier alpha value is -0.0800. The van der Waals surface area contributed by atoms with Crippen LogP contribution in [0.25, 0.3) is 0 Å². The summed E-state index contributed by atoms with van der Waals surface area (Å²) in [5.41, 5.74) is 0. The lowest BCUT2D eigenvalue weighted by Gasteiger charge is -2.42. The third-order valence-corrected chi connectivity index (χ3v) is 6.15. The van der Waals surface area contributed by atoms with E-state index in [0.29, 0.717) is 0 Å². The van der Waals surface area contributed by atoms with Crippen molar-refractivity contribution in [2.24, 2.45) is 11.8 Å². The van der Waals surface area contributed by atoms with E-state index >= 15 is 0 Å². The maximum atomic E-state index is 3.72. The van der Waals surface area contributed by atoms with Crippen molar-refractivity contribution in [2.45, 2.75) is 76.8 Å². The molecule has 0 radical (unpaired) electrons. The minimum atomic E-state index is 0.845. The molecule has 3 rings (SSSR count). The lowest BCUT2D eigenvalue weighted by Crippen LogP contribution is -2.46. The highest BCUT2D eigenvalue weighted by Crippen LogP contribution is 2.32. The van der Waals surface area contributed by atoms with Crippen LogP contribution in [-0.2, 0) is 0 Å². The lowest BCUT2D eigenvalue weighted by atomic mass is 9.82. The molecule has 0 spiro atoms. The third-order valence-electron chi connectivity index (χ3n) is 6.15. The Balaban J connectivity index is 1.46. The highest BCUT2D eigenvalue weighted by molar-refractivity contribution is 4.88. The molecule has 2 heteroatoms. The van der Waals surface area contributed by atoms with Gasteiger partial charge in [0, 0.05) is 12.1 Å². The van der Waals surface area contributed by atoms with Gasteiger partial charge in [-0.2, -0.15) is 0 Å². The monoisotopic (exact) mass is 264 g/mol. The zero-order valence-electron chi connectivity index (χ0n) is 12.7. The Morgan fingerprint density at radius 2 is 1.63 bits per heavy atom. The minimum Gasteiger partial charge on any atom is -0.314 e. The van der Waals surface area contributed by atoms with Gasteiger partial charge < -0.3 is 10.2 Å². The Labute approximate surface area is 119 Å². The SMILES string of the molecule is CC(C1CCCCC1)N1CCC(C2CCCN2)CC1. The molecule has 2 nitrogen and oxygen atoms in total. The molecule has 3 fully saturated rings. The fraction of sp³-hybridized carbons (Fsp3) is 1.00. The fourth-order valence-electron chi connectivity index (χ4n) is 4.76. The van der Waals surface area contributed by atoms with Gasteiger partial charge in [-0.15, -0.1) is 0 Å². The van der Waals surface area contributed by atoms with Crippen LogP contribution in [0.2, 0.25) is 0 Å². The molecule has 2 unspecified atom stereocenters. The number of hydrogen-bond donors (Lipinski definition) is 1. The molecule has 1 saturated carbocycles. The van der Waals surface area contributed by atoms with Gasteiger partial charge in [0.2, 0.25) is 0 Å². The van der Waals surface area contributed by atoms with E-state index in [9.17, 15) is 0 Å². The maximum absolute atomic E-state index is 3.72. The average molecular weight is 264 g/mol. The van der Waals surface area contributed by atoms with Crippen LogP contribution in [0.1, 0.15) is 64.7 Å². The summed E-state index contributed by atoms with van der Waals surface area (Å²) in [7, 11) is 0. The molecular weight excluding hydrogens is 232 g/mol. The van der Waals surface area contributed by atoms with E-state index in [-0.39, 0.29) is 0 Å². The van der Waals surface area contributed by atoms with Crippen LogP contribution in [0.4, 0.5) is 0 Å². The Bertz CT molecular complexity index is 258. The molecule has 0 bridgehead atoms. The zero-order chi connectivity index (χ0) is 13.1. The quantitative estimate of drug-likeness (QED) is 0.840. The topological polar surface area (TPSA) is 15.3 Å². The second-order valence-corrected chi connectivity index (χ2v) is 7.21. The van der Waals surface area contributed by atoms with Crippen molar-refractivity contribution >= 4 is 0 Å². The summed E-state index contributed by atoms with van der Waals surface area (Å²) >= 11 is 0. The smallest absolute Gasteiger partial charge is 0.00967 e. The summed E-state index contributed by atoms with van der Waals surface area (Å²) in [4.78, 5) is 2.81. The van der Waals surface area contributed by atoms with E-state index < -0.39 is 0 Å². The molecule has 1 N–H and O–H groups in total. The van der Waals surface area contributed by atoms with E-state index in [1.807, 2.05) is 0 Å². The van der Waals surface area contributed by atoms with Gasteiger partial charge in [0.15, 0.2) is 0 Å². The number of nitrogens with zero attached hydrogens (tertiary/aromatic N) is 1. The van der Waals surface area contributed by atoms with Crippen molar-refractivity contribution in [1.29, 1.82) is 0 Å². The largest absolute Gasteiger partial charge is 0.314 e. The minimum absolute atomic E-state index is 0.845. The lowest BCUT2D eigenvalue weighted by molar-refractivity contribution is 0.0817. The van der Waals surface area contributed by atoms with Gasteiger partial charge in [-0.1, -0.05) is 19.3 Å². The number of piperidine rings is 1. The normalized spacial score (nSPS) is 33.6. The van der Waals surface area contributed by atoms with E-state index in [4.69, 9.17) is 0 Å². The average Bonchev–Trinajstić information content (AvgIpc) is 3.02. The summed E-state index contributed by atoms with van der Waals surface area (Å²) in [5.74, 6) is 1.97. The number of likely N-dealkylation sites (tertiary alicyclic amines) is 1. The summed E-state index contributed by atoms with van der Waals surface area (Å²) in [6.07, 6.45) is 13.2. The van der Waals surface area contributed by atoms with Gasteiger partial charge in [-0.05, 0) is 76.9 Å². The van der Waals surface area contributed by atoms with Gasteiger partial charge >= 0.3 is 0 Å². The van der Waals surface area contributed by atoms with Crippen molar-refractivity contribution in [2.75, 3.05) is 19.6 Å². The van der Waals surface area contributed by atoms with Gasteiger partial charge in [-0.25, -0.2) is 0 Å². The maximum Gasteiger partial charge on any atom is 0.00967 e.